The maximum absolute atomic E-state index is 2.75. The van der Waals surface area contributed by atoms with Gasteiger partial charge in [0.15, 0.2) is 0 Å². The van der Waals surface area contributed by atoms with Gasteiger partial charge >= 0.3 is 0 Å². The first-order valence-electron chi connectivity index (χ1n) is 6.22. The van der Waals surface area contributed by atoms with Crippen LogP contribution in [0.4, 0.5) is 0 Å². The van der Waals surface area contributed by atoms with Crippen molar-refractivity contribution in [2.24, 2.45) is 5.92 Å². The summed E-state index contributed by atoms with van der Waals surface area (Å²) in [5.41, 5.74) is 0. The van der Waals surface area contributed by atoms with Crippen molar-refractivity contribution in [1.82, 2.24) is 5.32 Å². The van der Waals surface area contributed by atoms with E-state index in [9.17, 15) is 0 Å². The van der Waals surface area contributed by atoms with Crippen LogP contribution in [-0.4, -0.2) is 14.1 Å². The molecular weight excluding hydrogens is 170 g/mol. The van der Waals surface area contributed by atoms with E-state index in [-0.39, 0.29) is 0 Å². The molecule has 0 aliphatic carbocycles. The molecule has 0 aliphatic rings. The minimum Gasteiger partial charge on any atom is -0.323 e. The van der Waals surface area contributed by atoms with Gasteiger partial charge in [-0.05, 0) is 20.0 Å². The quantitative estimate of drug-likeness (QED) is 0.710. The molecule has 0 rings (SSSR count). The van der Waals surface area contributed by atoms with Crippen molar-refractivity contribution in [2.45, 2.75) is 66.7 Å². The molecule has 0 saturated heterocycles. The Morgan fingerprint density at radius 1 is 0.857 bits per heavy atom. The third kappa shape index (κ3) is 40.4. The molecule has 90 valence electrons. The molecule has 1 heteroatoms. The summed E-state index contributed by atoms with van der Waals surface area (Å²) in [5.74, 6) is 0.949. The van der Waals surface area contributed by atoms with Crippen molar-refractivity contribution < 1.29 is 0 Å². The van der Waals surface area contributed by atoms with Crippen LogP contribution in [0.5, 0.6) is 0 Å². The lowest BCUT2D eigenvalue weighted by atomic mass is 10.0. The lowest BCUT2D eigenvalue weighted by molar-refractivity contribution is 0.509. The molecule has 0 amide bonds. The molecule has 0 spiro atoms. The topological polar surface area (TPSA) is 12.0 Å². The Labute approximate surface area is 92.7 Å². The zero-order valence-corrected chi connectivity index (χ0v) is 11.6. The van der Waals surface area contributed by atoms with Crippen LogP contribution >= 0.6 is 0 Å². The van der Waals surface area contributed by atoms with E-state index in [0.29, 0.717) is 0 Å². The molecular formula is C13H33N. The molecule has 0 bridgehead atoms. The van der Waals surface area contributed by atoms with E-state index in [4.69, 9.17) is 0 Å². The van der Waals surface area contributed by atoms with Crippen molar-refractivity contribution in [1.29, 1.82) is 0 Å². The second-order valence-corrected chi connectivity index (χ2v) is 3.80. The van der Waals surface area contributed by atoms with E-state index in [1.807, 2.05) is 14.1 Å². The van der Waals surface area contributed by atoms with Gasteiger partial charge in [-0.2, -0.15) is 0 Å². The van der Waals surface area contributed by atoms with Gasteiger partial charge in [0.1, 0.15) is 0 Å². The van der Waals surface area contributed by atoms with E-state index < -0.39 is 0 Å². The average Bonchev–Trinajstić information content (AvgIpc) is 2.20. The number of rotatable bonds is 4. The van der Waals surface area contributed by atoms with Gasteiger partial charge in [-0.15, -0.1) is 0 Å². The van der Waals surface area contributed by atoms with Crippen LogP contribution in [0.3, 0.4) is 0 Å². The van der Waals surface area contributed by atoms with Crippen LogP contribution in [0, 0.1) is 5.92 Å². The van der Waals surface area contributed by atoms with Gasteiger partial charge in [0.05, 0.1) is 0 Å². The molecule has 0 aromatic rings. The predicted molar refractivity (Wildman–Crippen MR) is 69.9 cm³/mol. The van der Waals surface area contributed by atoms with Gasteiger partial charge in [0, 0.05) is 0 Å². The summed E-state index contributed by atoms with van der Waals surface area (Å²) < 4.78 is 0. The number of hydrogen-bond donors (Lipinski definition) is 1. The summed E-state index contributed by atoms with van der Waals surface area (Å²) in [6.45, 7) is 11.2. The van der Waals surface area contributed by atoms with Gasteiger partial charge in [0.25, 0.3) is 0 Å². The Kier molecular flexibility index (Phi) is 32.2. The first-order chi connectivity index (χ1) is 6.64. The van der Waals surface area contributed by atoms with Gasteiger partial charge < -0.3 is 5.32 Å². The number of nitrogens with one attached hydrogen (secondary N) is 1. The zero-order chi connectivity index (χ0) is 11.8. The first kappa shape index (κ1) is 19.5. The molecule has 1 atom stereocenters. The summed E-state index contributed by atoms with van der Waals surface area (Å²) in [7, 11) is 3.75. The maximum atomic E-state index is 2.75. The summed E-state index contributed by atoms with van der Waals surface area (Å²) in [6.07, 6.45) is 6.72. The lowest BCUT2D eigenvalue weighted by Gasteiger charge is -2.02. The van der Waals surface area contributed by atoms with Crippen LogP contribution in [0.2, 0.25) is 0 Å². The lowest BCUT2D eigenvalue weighted by Crippen LogP contribution is -1.89. The third-order valence-electron chi connectivity index (χ3n) is 1.98. The Morgan fingerprint density at radius 2 is 1.21 bits per heavy atom. The molecule has 14 heavy (non-hydrogen) atoms. The normalized spacial score (nSPS) is 10.5. The highest BCUT2D eigenvalue weighted by molar-refractivity contribution is 4.45. The van der Waals surface area contributed by atoms with Gasteiger partial charge in [-0.25, -0.2) is 0 Å². The van der Waals surface area contributed by atoms with Crippen molar-refractivity contribution in [3.63, 3.8) is 0 Å². The van der Waals surface area contributed by atoms with Crippen molar-refractivity contribution >= 4 is 0 Å². The number of unbranched alkanes of at least 4 members (excludes halogenated alkanes) is 1. The number of hydrogen-bond acceptors (Lipinski definition) is 1. The van der Waals surface area contributed by atoms with E-state index in [0.717, 1.165) is 5.92 Å². The van der Waals surface area contributed by atoms with Crippen LogP contribution in [-0.2, 0) is 0 Å². The second kappa shape index (κ2) is 23.1. The van der Waals surface area contributed by atoms with E-state index in [1.165, 1.54) is 32.1 Å². The highest BCUT2D eigenvalue weighted by Gasteiger charge is 1.92. The fraction of sp³-hybridized carbons (Fsp3) is 1.00. The second-order valence-electron chi connectivity index (χ2n) is 3.80. The molecule has 1 nitrogen and oxygen atoms in total. The molecule has 0 aromatic carbocycles. The summed E-state index contributed by atoms with van der Waals surface area (Å²) in [4.78, 5) is 0. The predicted octanol–water partition coefficient (Wildman–Crippen LogP) is 4.47. The zero-order valence-electron chi connectivity index (χ0n) is 11.6. The molecule has 1 N–H and O–H groups in total. The van der Waals surface area contributed by atoms with Crippen molar-refractivity contribution in [3.05, 3.63) is 0 Å². The Morgan fingerprint density at radius 3 is 1.29 bits per heavy atom. The summed E-state index contributed by atoms with van der Waals surface area (Å²) in [5, 5.41) is 2.75. The van der Waals surface area contributed by atoms with Crippen LogP contribution in [0.1, 0.15) is 66.7 Å². The highest BCUT2D eigenvalue weighted by Crippen LogP contribution is 2.07. The van der Waals surface area contributed by atoms with Crippen LogP contribution < -0.4 is 5.32 Å². The van der Waals surface area contributed by atoms with E-state index in [1.54, 1.807) is 0 Å². The smallest absolute Gasteiger partial charge is 0.0167 e. The minimum atomic E-state index is 0.949. The minimum absolute atomic E-state index is 0.949. The highest BCUT2D eigenvalue weighted by atomic mass is 14.7. The van der Waals surface area contributed by atoms with Gasteiger partial charge in [-0.1, -0.05) is 66.7 Å². The summed E-state index contributed by atoms with van der Waals surface area (Å²) >= 11 is 0. The average molecular weight is 203 g/mol. The maximum Gasteiger partial charge on any atom is -0.0167 e. The molecule has 0 saturated carbocycles. The Balaban J connectivity index is -0.000000147. The Hall–Kier alpha value is -0.0400. The molecule has 0 radical (unpaired) electrons. The van der Waals surface area contributed by atoms with Gasteiger partial charge in [0.2, 0.25) is 0 Å². The monoisotopic (exact) mass is 203 g/mol. The molecule has 0 heterocycles. The summed E-state index contributed by atoms with van der Waals surface area (Å²) in [6, 6.07) is 0. The fourth-order valence-corrected chi connectivity index (χ4v) is 0.697. The van der Waals surface area contributed by atoms with Gasteiger partial charge in [-0.3, -0.25) is 0 Å². The SMILES string of the molecule is CCCC.CCCC(C)CC.CNC. The largest absolute Gasteiger partial charge is 0.323 e. The Bertz CT molecular complexity index is 60.3. The van der Waals surface area contributed by atoms with Crippen LogP contribution in [0.15, 0.2) is 0 Å². The molecule has 0 aliphatic heterocycles. The third-order valence-corrected chi connectivity index (χ3v) is 1.98. The van der Waals surface area contributed by atoms with Crippen molar-refractivity contribution in [2.75, 3.05) is 14.1 Å². The first-order valence-corrected chi connectivity index (χ1v) is 6.22. The fourth-order valence-electron chi connectivity index (χ4n) is 0.697. The standard InChI is InChI=1S/C7H16.C4H10.C2H7N/c1-4-6-7(3)5-2;1-3-4-2;1-3-2/h7H,4-6H2,1-3H3;3-4H2,1-2H3;3H,1-2H3. The molecule has 0 fully saturated rings. The van der Waals surface area contributed by atoms with Crippen LogP contribution in [0.25, 0.3) is 0 Å². The van der Waals surface area contributed by atoms with Crippen molar-refractivity contribution in [3.8, 4) is 0 Å². The molecule has 1 unspecified atom stereocenters. The van der Waals surface area contributed by atoms with E-state index in [2.05, 4.69) is 39.9 Å². The van der Waals surface area contributed by atoms with E-state index >= 15 is 0 Å². The molecule has 0 aromatic heterocycles.